The van der Waals surface area contributed by atoms with Crippen molar-refractivity contribution in [3.63, 3.8) is 0 Å². The zero-order valence-corrected chi connectivity index (χ0v) is 7.38. The van der Waals surface area contributed by atoms with Gasteiger partial charge in [-0.1, -0.05) is 5.92 Å². The molecule has 0 saturated carbocycles. The summed E-state index contributed by atoms with van der Waals surface area (Å²) in [6.07, 6.45) is 4.94. The van der Waals surface area contributed by atoms with Crippen molar-refractivity contribution in [2.45, 2.75) is 0 Å². The number of rotatable bonds is 2. The molecule has 0 aliphatic carbocycles. The van der Waals surface area contributed by atoms with Gasteiger partial charge in [0.05, 0.1) is 12.1 Å². The van der Waals surface area contributed by atoms with Crippen LogP contribution >= 0.6 is 0 Å². The maximum Gasteiger partial charge on any atom is 0.255 e. The second kappa shape index (κ2) is 4.28. The monoisotopic (exact) mass is 192 g/mol. The van der Waals surface area contributed by atoms with Crippen LogP contribution in [0.3, 0.4) is 0 Å². The van der Waals surface area contributed by atoms with Crippen LogP contribution in [0.5, 0.6) is 0 Å². The number of carbonyl (C=O) groups is 1. The largest absolute Gasteiger partial charge is 0.399 e. The highest BCUT2D eigenvalue weighted by Gasteiger charge is 2.10. The number of carbonyl (C=O) groups excluding carboxylic acids is 1. The number of terminal acetylenes is 1. The number of hydrogen-bond acceptors (Lipinski definition) is 2. The molecule has 14 heavy (non-hydrogen) atoms. The summed E-state index contributed by atoms with van der Waals surface area (Å²) in [5.74, 6) is 1.03. The van der Waals surface area contributed by atoms with Gasteiger partial charge < -0.3 is 11.1 Å². The first-order chi connectivity index (χ1) is 6.65. The Hall–Kier alpha value is -2.02. The van der Waals surface area contributed by atoms with Crippen molar-refractivity contribution in [2.24, 2.45) is 0 Å². The van der Waals surface area contributed by atoms with E-state index in [0.29, 0.717) is 0 Å². The number of nitrogens with two attached hydrogens (primary N) is 1. The van der Waals surface area contributed by atoms with Gasteiger partial charge in [-0.15, -0.1) is 6.42 Å². The Labute approximate surface area is 81.1 Å². The minimum Gasteiger partial charge on any atom is -0.399 e. The molecule has 0 aliphatic heterocycles. The molecule has 0 spiro atoms. The maximum absolute atomic E-state index is 13.1. The third kappa shape index (κ3) is 2.23. The van der Waals surface area contributed by atoms with Crippen molar-refractivity contribution in [1.29, 1.82) is 0 Å². The second-order valence-corrected chi connectivity index (χ2v) is 2.63. The van der Waals surface area contributed by atoms with Crippen molar-refractivity contribution in [3.8, 4) is 12.3 Å². The summed E-state index contributed by atoms with van der Waals surface area (Å²) in [5.41, 5.74) is 5.54. The van der Waals surface area contributed by atoms with Crippen LogP contribution in [0.2, 0.25) is 0 Å². The Balaban J connectivity index is 2.86. The van der Waals surface area contributed by atoms with Gasteiger partial charge in [-0.05, 0) is 18.2 Å². The summed E-state index contributed by atoms with van der Waals surface area (Å²) in [6, 6.07) is 3.86. The summed E-state index contributed by atoms with van der Waals surface area (Å²) in [7, 11) is 0. The van der Waals surface area contributed by atoms with Gasteiger partial charge in [-0.2, -0.15) is 0 Å². The van der Waals surface area contributed by atoms with E-state index in [0.717, 1.165) is 6.07 Å². The molecule has 72 valence electrons. The molecule has 0 atom stereocenters. The van der Waals surface area contributed by atoms with Crippen LogP contribution in [0, 0.1) is 18.2 Å². The first-order valence-electron chi connectivity index (χ1n) is 3.92. The van der Waals surface area contributed by atoms with E-state index >= 15 is 0 Å². The number of benzene rings is 1. The molecule has 4 heteroatoms. The highest BCUT2D eigenvalue weighted by atomic mass is 19.1. The number of anilines is 1. The molecule has 1 aromatic carbocycles. The zero-order chi connectivity index (χ0) is 10.6. The van der Waals surface area contributed by atoms with E-state index in [4.69, 9.17) is 12.2 Å². The van der Waals surface area contributed by atoms with Gasteiger partial charge >= 0.3 is 0 Å². The molecule has 1 amide bonds. The van der Waals surface area contributed by atoms with Crippen LogP contribution < -0.4 is 11.1 Å². The molecule has 0 radical (unpaired) electrons. The van der Waals surface area contributed by atoms with E-state index in [2.05, 4.69) is 11.2 Å². The summed E-state index contributed by atoms with van der Waals surface area (Å²) >= 11 is 0. The maximum atomic E-state index is 13.1. The van der Waals surface area contributed by atoms with Gasteiger partial charge in [0, 0.05) is 5.69 Å². The highest BCUT2D eigenvalue weighted by Crippen LogP contribution is 2.11. The zero-order valence-electron chi connectivity index (χ0n) is 7.38. The molecule has 3 N–H and O–H groups in total. The van der Waals surface area contributed by atoms with Gasteiger partial charge in [0.2, 0.25) is 0 Å². The molecule has 0 aliphatic rings. The van der Waals surface area contributed by atoms with Crippen LogP contribution in [0.4, 0.5) is 10.1 Å². The normalized spacial score (nSPS) is 9.14. The third-order valence-corrected chi connectivity index (χ3v) is 1.59. The summed E-state index contributed by atoms with van der Waals surface area (Å²) in [4.78, 5) is 11.2. The van der Waals surface area contributed by atoms with E-state index < -0.39 is 11.7 Å². The lowest BCUT2D eigenvalue weighted by Crippen LogP contribution is -2.24. The van der Waals surface area contributed by atoms with Crippen molar-refractivity contribution < 1.29 is 9.18 Å². The molecule has 0 fully saturated rings. The number of halogens is 1. The highest BCUT2D eigenvalue weighted by molar-refractivity contribution is 5.94. The second-order valence-electron chi connectivity index (χ2n) is 2.63. The molecule has 0 heterocycles. The summed E-state index contributed by atoms with van der Waals surface area (Å²) < 4.78 is 13.1. The summed E-state index contributed by atoms with van der Waals surface area (Å²) in [5, 5.41) is 2.35. The fourth-order valence-electron chi connectivity index (χ4n) is 0.942. The van der Waals surface area contributed by atoms with Crippen LogP contribution in [-0.4, -0.2) is 12.5 Å². The van der Waals surface area contributed by atoms with E-state index in [1.807, 2.05) is 0 Å². The number of nitrogens with one attached hydrogen (secondary N) is 1. The molecule has 1 aromatic rings. The number of nitrogen functional groups attached to an aromatic ring is 1. The SMILES string of the molecule is C#CCNC(=O)c1ccc(N)cc1F. The van der Waals surface area contributed by atoms with Gasteiger partial charge in [0.1, 0.15) is 5.82 Å². The Morgan fingerprint density at radius 2 is 2.36 bits per heavy atom. The van der Waals surface area contributed by atoms with Crippen LogP contribution in [0.25, 0.3) is 0 Å². The Bertz CT molecular complexity index is 396. The Kier molecular flexibility index (Phi) is 3.08. The van der Waals surface area contributed by atoms with Crippen LogP contribution in [0.15, 0.2) is 18.2 Å². The fraction of sp³-hybridized carbons (Fsp3) is 0.100. The average molecular weight is 192 g/mol. The third-order valence-electron chi connectivity index (χ3n) is 1.59. The molecule has 1 rings (SSSR count). The first kappa shape index (κ1) is 10.1. The lowest BCUT2D eigenvalue weighted by Gasteiger charge is -2.03. The minimum absolute atomic E-state index is 0.0607. The van der Waals surface area contributed by atoms with Crippen molar-refractivity contribution in [3.05, 3.63) is 29.6 Å². The van der Waals surface area contributed by atoms with Crippen molar-refractivity contribution >= 4 is 11.6 Å². The quantitative estimate of drug-likeness (QED) is 0.537. The Morgan fingerprint density at radius 3 is 2.93 bits per heavy atom. The smallest absolute Gasteiger partial charge is 0.255 e. The lowest BCUT2D eigenvalue weighted by atomic mass is 10.2. The predicted molar refractivity (Wildman–Crippen MR) is 52.0 cm³/mol. The van der Waals surface area contributed by atoms with Crippen molar-refractivity contribution in [2.75, 3.05) is 12.3 Å². The minimum atomic E-state index is -0.653. The number of amides is 1. The summed E-state index contributed by atoms with van der Waals surface area (Å²) in [6.45, 7) is 0.0721. The predicted octanol–water partition coefficient (Wildman–Crippen LogP) is 0.771. The van der Waals surface area contributed by atoms with Gasteiger partial charge in [0.25, 0.3) is 5.91 Å². The van der Waals surface area contributed by atoms with Gasteiger partial charge in [0.15, 0.2) is 0 Å². The Morgan fingerprint density at radius 1 is 1.64 bits per heavy atom. The van der Waals surface area contributed by atoms with Gasteiger partial charge in [-0.3, -0.25) is 4.79 Å². The molecule has 0 saturated heterocycles. The standard InChI is InChI=1S/C10H9FN2O/c1-2-5-13-10(14)8-4-3-7(12)6-9(8)11/h1,3-4,6H,5,12H2,(H,13,14). The topological polar surface area (TPSA) is 55.1 Å². The van der Waals surface area contributed by atoms with E-state index in [1.54, 1.807) is 0 Å². The van der Waals surface area contributed by atoms with Gasteiger partial charge in [-0.25, -0.2) is 4.39 Å². The van der Waals surface area contributed by atoms with Crippen LogP contribution in [0.1, 0.15) is 10.4 Å². The first-order valence-corrected chi connectivity index (χ1v) is 3.92. The van der Waals surface area contributed by atoms with E-state index in [-0.39, 0.29) is 17.8 Å². The molecule has 0 aromatic heterocycles. The molecule has 3 nitrogen and oxygen atoms in total. The lowest BCUT2D eigenvalue weighted by molar-refractivity contribution is 0.0955. The molecule has 0 bridgehead atoms. The van der Waals surface area contributed by atoms with Crippen molar-refractivity contribution in [1.82, 2.24) is 5.32 Å². The van der Waals surface area contributed by atoms with Crippen LogP contribution in [-0.2, 0) is 0 Å². The molecular weight excluding hydrogens is 183 g/mol. The fourth-order valence-corrected chi connectivity index (χ4v) is 0.942. The molecular formula is C10H9FN2O. The van der Waals surface area contributed by atoms with E-state index in [9.17, 15) is 9.18 Å². The molecule has 0 unspecified atom stereocenters. The van der Waals surface area contributed by atoms with E-state index in [1.165, 1.54) is 12.1 Å². The average Bonchev–Trinajstić information content (AvgIpc) is 2.14. The number of hydrogen-bond donors (Lipinski definition) is 2.